The van der Waals surface area contributed by atoms with Gasteiger partial charge in [0, 0.05) is 0 Å². The second-order valence-electron chi connectivity index (χ2n) is 4.13. The summed E-state index contributed by atoms with van der Waals surface area (Å²) in [6.45, 7) is 4.25. The second-order valence-corrected chi connectivity index (χ2v) is 8.51. The fourth-order valence-electron chi connectivity index (χ4n) is 2.31. The highest BCUT2D eigenvalue weighted by Gasteiger charge is 2.28. The number of rotatable bonds is 0. The first-order chi connectivity index (χ1) is 5.73. The van der Waals surface area contributed by atoms with Gasteiger partial charge in [0.2, 0.25) is 0 Å². The van der Waals surface area contributed by atoms with Crippen LogP contribution in [0.4, 0.5) is 0 Å². The van der Waals surface area contributed by atoms with Crippen molar-refractivity contribution in [2.24, 2.45) is 0 Å². The van der Waals surface area contributed by atoms with Crippen LogP contribution in [-0.4, -0.2) is 23.8 Å². The smallest absolute Gasteiger partial charge is 0.0235 e. The molecule has 0 saturated carbocycles. The summed E-state index contributed by atoms with van der Waals surface area (Å²) in [4.78, 5) is 0. The van der Waals surface area contributed by atoms with Crippen molar-refractivity contribution < 1.29 is 0 Å². The van der Waals surface area contributed by atoms with Gasteiger partial charge in [0.05, 0.1) is 0 Å². The average Bonchev–Trinajstić information content (AvgIpc) is 2.62. The molecule has 2 rings (SSSR count). The van der Waals surface area contributed by atoms with Crippen LogP contribution in [0.15, 0.2) is 24.3 Å². The zero-order chi connectivity index (χ0) is 8.60. The van der Waals surface area contributed by atoms with Crippen molar-refractivity contribution in [3.8, 4) is 0 Å². The third-order valence-electron chi connectivity index (χ3n) is 3.45. The highest BCUT2D eigenvalue weighted by atomic mass is 31.2. The van der Waals surface area contributed by atoms with Crippen LogP contribution in [0.3, 0.4) is 0 Å². The van der Waals surface area contributed by atoms with E-state index in [4.69, 9.17) is 0 Å². The van der Waals surface area contributed by atoms with Crippen LogP contribution in [0.25, 0.3) is 0 Å². The van der Waals surface area contributed by atoms with Gasteiger partial charge in [-0.1, -0.05) is 38.1 Å². The third kappa shape index (κ3) is 1.13. The monoisotopic (exact) mass is 180 g/mol. The molecule has 1 fully saturated rings. The Morgan fingerprint density at radius 3 is 2.50 bits per heavy atom. The zero-order valence-corrected chi connectivity index (χ0v) is 8.85. The molecule has 0 radical (unpaired) electrons. The zero-order valence-electron chi connectivity index (χ0n) is 7.96. The minimum Gasteiger partial charge on any atom is -0.0977 e. The van der Waals surface area contributed by atoms with Gasteiger partial charge in [0.15, 0.2) is 0 Å². The third-order valence-corrected chi connectivity index (χ3v) is 8.38. The molecule has 2 atom stereocenters. The van der Waals surface area contributed by atoms with E-state index in [0.717, 1.165) is 5.66 Å². The maximum atomic E-state index is 2.53. The van der Waals surface area contributed by atoms with E-state index in [1.165, 1.54) is 19.0 Å². The van der Waals surface area contributed by atoms with Crippen molar-refractivity contribution in [1.29, 1.82) is 0 Å². The molecule has 1 aliphatic carbocycles. The topological polar surface area (TPSA) is 0 Å². The summed E-state index contributed by atoms with van der Waals surface area (Å²) in [7, 11) is 0. The lowest BCUT2D eigenvalue weighted by atomic mass is 10.3. The summed E-state index contributed by atoms with van der Waals surface area (Å²) in [6.07, 6.45) is 13.4. The molecule has 66 valence electrons. The standard InChI is InChI=1S/C11H17P/c1-10-6-5-9-12(10,2)11-7-3-4-8-11/h3-4,7-8,10H,5-6,9H2,1-2H3. The molecule has 0 spiro atoms. The van der Waals surface area contributed by atoms with Gasteiger partial charge in [0.1, 0.15) is 0 Å². The molecule has 0 aromatic carbocycles. The van der Waals surface area contributed by atoms with Crippen LogP contribution in [0.1, 0.15) is 19.8 Å². The van der Waals surface area contributed by atoms with Crippen molar-refractivity contribution in [2.45, 2.75) is 25.4 Å². The Hall–Kier alpha value is -0.220. The highest BCUT2D eigenvalue weighted by Crippen LogP contribution is 2.58. The van der Waals surface area contributed by atoms with Crippen LogP contribution >= 0.6 is 6.89 Å². The van der Waals surface area contributed by atoms with Gasteiger partial charge in [0.25, 0.3) is 0 Å². The quantitative estimate of drug-likeness (QED) is 0.502. The lowest BCUT2D eigenvalue weighted by Gasteiger charge is -2.22. The van der Waals surface area contributed by atoms with Gasteiger partial charge < -0.3 is 0 Å². The van der Waals surface area contributed by atoms with Crippen molar-refractivity contribution in [3.05, 3.63) is 24.3 Å². The van der Waals surface area contributed by atoms with Crippen LogP contribution in [0, 0.1) is 0 Å². The van der Waals surface area contributed by atoms with Gasteiger partial charge in [-0.15, -0.1) is 0 Å². The van der Waals surface area contributed by atoms with E-state index in [0.29, 0.717) is 0 Å². The van der Waals surface area contributed by atoms with Gasteiger partial charge in [-0.2, -0.15) is 0 Å². The van der Waals surface area contributed by atoms with Crippen LogP contribution < -0.4 is 0 Å². The molecule has 2 unspecified atom stereocenters. The molecule has 0 N–H and O–H groups in total. The van der Waals surface area contributed by atoms with Crippen LogP contribution in [0.2, 0.25) is 0 Å². The summed E-state index contributed by atoms with van der Waals surface area (Å²) in [5, 5.41) is 1.66. The molecule has 0 aromatic heterocycles. The Kier molecular flexibility index (Phi) is 2.04. The number of hydrogen-bond donors (Lipinski definition) is 0. The molecule has 0 amide bonds. The molecule has 12 heavy (non-hydrogen) atoms. The number of hydrogen-bond acceptors (Lipinski definition) is 0. The van der Waals surface area contributed by atoms with E-state index in [1.54, 1.807) is 5.29 Å². The molecule has 1 saturated heterocycles. The largest absolute Gasteiger partial charge is 0.0977 e. The van der Waals surface area contributed by atoms with Crippen molar-refractivity contribution in [1.82, 2.24) is 0 Å². The Bertz CT molecular complexity index is 280. The minimum absolute atomic E-state index is 0.716. The average molecular weight is 180 g/mol. The van der Waals surface area contributed by atoms with E-state index < -0.39 is 6.89 Å². The summed E-state index contributed by atoms with van der Waals surface area (Å²) in [5.41, 5.74) is 0.972. The summed E-state index contributed by atoms with van der Waals surface area (Å²) in [5.74, 6) is 0. The minimum atomic E-state index is -0.716. The van der Waals surface area contributed by atoms with E-state index >= 15 is 0 Å². The van der Waals surface area contributed by atoms with Gasteiger partial charge in [-0.25, -0.2) is 0 Å². The van der Waals surface area contributed by atoms with E-state index in [2.05, 4.69) is 37.9 Å². The maximum Gasteiger partial charge on any atom is -0.0235 e. The lowest BCUT2D eigenvalue weighted by Crippen LogP contribution is -2.02. The first-order valence-corrected chi connectivity index (χ1v) is 7.30. The van der Waals surface area contributed by atoms with E-state index in [-0.39, 0.29) is 0 Å². The summed E-state index contributed by atoms with van der Waals surface area (Å²) >= 11 is 0. The Labute approximate surface area is 75.3 Å². The Balaban J connectivity index is 2.48. The van der Waals surface area contributed by atoms with Crippen molar-refractivity contribution in [2.75, 3.05) is 12.8 Å². The molecular weight excluding hydrogens is 163 g/mol. The molecule has 1 heteroatoms. The van der Waals surface area contributed by atoms with Crippen molar-refractivity contribution >= 4 is 12.2 Å². The molecule has 1 heterocycles. The van der Waals surface area contributed by atoms with E-state index in [9.17, 15) is 0 Å². The predicted molar refractivity (Wildman–Crippen MR) is 59.7 cm³/mol. The SMILES string of the molecule is CC1CCCP1(C)=C1C=CC=C1. The fraction of sp³-hybridized carbons (Fsp3) is 0.545. The lowest BCUT2D eigenvalue weighted by molar-refractivity contribution is 0.835. The molecule has 1 aliphatic heterocycles. The molecule has 0 bridgehead atoms. The van der Waals surface area contributed by atoms with E-state index in [1.807, 2.05) is 0 Å². The first kappa shape index (κ1) is 8.38. The first-order valence-electron chi connectivity index (χ1n) is 4.81. The summed E-state index contributed by atoms with van der Waals surface area (Å²) in [6, 6.07) is 0. The Morgan fingerprint density at radius 2 is 2.00 bits per heavy atom. The fourth-order valence-corrected chi connectivity index (χ4v) is 5.96. The van der Waals surface area contributed by atoms with Gasteiger partial charge >= 0.3 is 0 Å². The molecule has 0 nitrogen and oxygen atoms in total. The molecule has 0 aromatic rings. The summed E-state index contributed by atoms with van der Waals surface area (Å²) < 4.78 is 0. The highest BCUT2D eigenvalue weighted by molar-refractivity contribution is 7.77. The molecule has 2 aliphatic rings. The molecular formula is C11H17P. The predicted octanol–water partition coefficient (Wildman–Crippen LogP) is 3.11. The maximum absolute atomic E-state index is 2.53. The van der Waals surface area contributed by atoms with Crippen LogP contribution in [-0.2, 0) is 0 Å². The number of allylic oxidation sites excluding steroid dienone is 4. The van der Waals surface area contributed by atoms with Gasteiger partial charge in [-0.05, 0) is 36.6 Å². The second kappa shape index (κ2) is 2.92. The van der Waals surface area contributed by atoms with Crippen molar-refractivity contribution in [3.63, 3.8) is 0 Å². The van der Waals surface area contributed by atoms with Crippen LogP contribution in [0.5, 0.6) is 0 Å². The normalized spacial score (nSPS) is 39.8. The Morgan fingerprint density at radius 1 is 1.33 bits per heavy atom. The van der Waals surface area contributed by atoms with Gasteiger partial charge in [-0.3, -0.25) is 0 Å².